The first-order valence-electron chi connectivity index (χ1n) is 7.61. The summed E-state index contributed by atoms with van der Waals surface area (Å²) in [6.45, 7) is 8.76. The van der Waals surface area contributed by atoms with Gasteiger partial charge in [0.15, 0.2) is 5.78 Å². The minimum absolute atomic E-state index is 0.182. The van der Waals surface area contributed by atoms with Gasteiger partial charge >= 0.3 is 0 Å². The molecule has 0 radical (unpaired) electrons. The molecule has 0 atom stereocenters. The van der Waals surface area contributed by atoms with E-state index in [1.165, 1.54) is 6.92 Å². The molecule has 0 saturated carbocycles. The molecule has 2 rings (SSSR count). The summed E-state index contributed by atoms with van der Waals surface area (Å²) in [4.78, 5) is 18.8. The van der Waals surface area contributed by atoms with Crippen LogP contribution in [0.3, 0.4) is 0 Å². The molecule has 2 aromatic rings. The lowest BCUT2D eigenvalue weighted by atomic mass is 9.97. The van der Waals surface area contributed by atoms with Crippen LogP contribution in [0.15, 0.2) is 30.1 Å². The molecule has 0 aromatic carbocycles. The molecule has 2 heterocycles. The molecule has 0 aliphatic rings. The number of H-pyrrole nitrogens is 1. The summed E-state index contributed by atoms with van der Waals surface area (Å²) in [5, 5.41) is 13.4. The average molecular weight is 310 g/mol. The monoisotopic (exact) mass is 310 g/mol. The van der Waals surface area contributed by atoms with Crippen LogP contribution in [0.5, 0.6) is 0 Å². The summed E-state index contributed by atoms with van der Waals surface area (Å²) in [6.07, 6.45) is 5.87. The highest BCUT2D eigenvalue weighted by Gasteiger charge is 2.11. The molecular formula is C18H22N4O. The number of nitrogens with zero attached hydrogens (tertiary/aromatic N) is 2. The number of rotatable bonds is 5. The van der Waals surface area contributed by atoms with Crippen molar-refractivity contribution in [2.24, 2.45) is 5.41 Å². The van der Waals surface area contributed by atoms with E-state index in [-0.39, 0.29) is 16.8 Å². The lowest BCUT2D eigenvalue weighted by molar-refractivity contribution is -0.113. The summed E-state index contributed by atoms with van der Waals surface area (Å²) in [7, 11) is 0. The van der Waals surface area contributed by atoms with E-state index in [1.54, 1.807) is 12.3 Å². The highest BCUT2D eigenvalue weighted by Crippen LogP contribution is 2.22. The fraction of sp³-hybridized carbons (Fsp3) is 0.389. The average Bonchev–Trinajstić information content (AvgIpc) is 2.87. The summed E-state index contributed by atoms with van der Waals surface area (Å²) in [6, 6.07) is 3.98. The predicted octanol–water partition coefficient (Wildman–Crippen LogP) is 3.60. The SMILES string of the molecule is CC(=O)C(C#N)=CCc1c[nH]c2ncc(NCC(C)(C)C)cc12. The second-order valence-electron chi connectivity index (χ2n) is 6.84. The first-order chi connectivity index (χ1) is 10.8. The fourth-order valence-electron chi connectivity index (χ4n) is 2.17. The van der Waals surface area contributed by atoms with E-state index < -0.39 is 0 Å². The lowest BCUT2D eigenvalue weighted by Gasteiger charge is -2.19. The smallest absolute Gasteiger partial charge is 0.169 e. The normalized spacial score (nSPS) is 12.2. The van der Waals surface area contributed by atoms with Crippen molar-refractivity contribution in [1.82, 2.24) is 9.97 Å². The Morgan fingerprint density at radius 1 is 1.48 bits per heavy atom. The lowest BCUT2D eigenvalue weighted by Crippen LogP contribution is -2.19. The van der Waals surface area contributed by atoms with Crippen LogP contribution < -0.4 is 5.32 Å². The molecule has 0 aliphatic carbocycles. The number of ketones is 1. The highest BCUT2D eigenvalue weighted by molar-refractivity contribution is 5.97. The van der Waals surface area contributed by atoms with Crippen LogP contribution >= 0.6 is 0 Å². The number of aromatic nitrogens is 2. The van der Waals surface area contributed by atoms with E-state index in [4.69, 9.17) is 5.26 Å². The Hall–Kier alpha value is -2.61. The maximum atomic E-state index is 11.3. The van der Waals surface area contributed by atoms with Crippen molar-refractivity contribution in [1.29, 1.82) is 5.26 Å². The van der Waals surface area contributed by atoms with Crippen LogP contribution in [0.4, 0.5) is 5.69 Å². The van der Waals surface area contributed by atoms with Gasteiger partial charge in [0.1, 0.15) is 11.7 Å². The molecule has 0 unspecified atom stereocenters. The fourth-order valence-corrected chi connectivity index (χ4v) is 2.17. The van der Waals surface area contributed by atoms with Gasteiger partial charge in [-0.1, -0.05) is 26.8 Å². The van der Waals surface area contributed by atoms with Crippen LogP contribution in [0.25, 0.3) is 11.0 Å². The molecule has 0 aliphatic heterocycles. The molecule has 2 aromatic heterocycles. The van der Waals surface area contributed by atoms with Crippen molar-refractivity contribution in [3.8, 4) is 6.07 Å². The predicted molar refractivity (Wildman–Crippen MR) is 92.1 cm³/mol. The number of hydrogen-bond donors (Lipinski definition) is 2. The van der Waals surface area contributed by atoms with Gasteiger partial charge in [0.25, 0.3) is 0 Å². The molecule has 120 valence electrons. The number of carbonyl (C=O) groups is 1. The number of nitrogens with one attached hydrogen (secondary N) is 2. The first kappa shape index (κ1) is 16.8. The molecule has 0 bridgehead atoms. The van der Waals surface area contributed by atoms with Crippen molar-refractivity contribution in [2.45, 2.75) is 34.1 Å². The van der Waals surface area contributed by atoms with Gasteiger partial charge in [-0.15, -0.1) is 0 Å². The summed E-state index contributed by atoms with van der Waals surface area (Å²) >= 11 is 0. The van der Waals surface area contributed by atoms with Crippen molar-refractivity contribution >= 4 is 22.5 Å². The zero-order valence-corrected chi connectivity index (χ0v) is 14.0. The van der Waals surface area contributed by atoms with Crippen LogP contribution in [0.1, 0.15) is 33.3 Å². The number of carbonyl (C=O) groups excluding carboxylic acids is 1. The van der Waals surface area contributed by atoms with Gasteiger partial charge < -0.3 is 10.3 Å². The summed E-state index contributed by atoms with van der Waals surface area (Å²) in [5.41, 5.74) is 3.15. The highest BCUT2D eigenvalue weighted by atomic mass is 16.1. The van der Waals surface area contributed by atoms with Crippen LogP contribution in [-0.2, 0) is 11.2 Å². The number of allylic oxidation sites excluding steroid dienone is 2. The Bertz CT molecular complexity index is 787. The van der Waals surface area contributed by atoms with Gasteiger partial charge in [-0.05, 0) is 30.4 Å². The third kappa shape index (κ3) is 4.43. The van der Waals surface area contributed by atoms with E-state index in [0.29, 0.717) is 6.42 Å². The van der Waals surface area contributed by atoms with E-state index in [9.17, 15) is 4.79 Å². The molecule has 0 spiro atoms. The van der Waals surface area contributed by atoms with Crippen LogP contribution in [-0.4, -0.2) is 22.3 Å². The van der Waals surface area contributed by atoms with Gasteiger partial charge in [-0.3, -0.25) is 4.79 Å². The molecule has 0 amide bonds. The van der Waals surface area contributed by atoms with Gasteiger partial charge in [0.05, 0.1) is 17.5 Å². The van der Waals surface area contributed by atoms with E-state index in [2.05, 4.69) is 36.1 Å². The molecule has 5 nitrogen and oxygen atoms in total. The Balaban J connectivity index is 2.25. The van der Waals surface area contributed by atoms with Gasteiger partial charge in [-0.2, -0.15) is 5.26 Å². The van der Waals surface area contributed by atoms with Crippen molar-refractivity contribution in [2.75, 3.05) is 11.9 Å². The minimum Gasteiger partial charge on any atom is -0.383 e. The number of Topliss-reactive ketones (excluding diaryl/α,β-unsaturated/α-hetero) is 1. The number of pyridine rings is 1. The minimum atomic E-state index is -0.210. The van der Waals surface area contributed by atoms with Crippen molar-refractivity contribution in [3.05, 3.63) is 35.7 Å². The number of nitriles is 1. The van der Waals surface area contributed by atoms with E-state index in [0.717, 1.165) is 28.8 Å². The first-order valence-corrected chi connectivity index (χ1v) is 7.61. The molecule has 2 N–H and O–H groups in total. The molecular weight excluding hydrogens is 288 g/mol. The van der Waals surface area contributed by atoms with Gasteiger partial charge in [0, 0.05) is 18.1 Å². The van der Waals surface area contributed by atoms with Crippen molar-refractivity contribution in [3.63, 3.8) is 0 Å². The zero-order valence-electron chi connectivity index (χ0n) is 14.0. The van der Waals surface area contributed by atoms with Gasteiger partial charge in [-0.25, -0.2) is 4.98 Å². The number of anilines is 1. The quantitative estimate of drug-likeness (QED) is 0.653. The summed E-state index contributed by atoms with van der Waals surface area (Å²) < 4.78 is 0. The van der Waals surface area contributed by atoms with Crippen LogP contribution in [0, 0.1) is 16.7 Å². The number of hydrogen-bond acceptors (Lipinski definition) is 4. The third-order valence-electron chi connectivity index (χ3n) is 3.47. The number of aromatic amines is 1. The zero-order chi connectivity index (χ0) is 17.0. The van der Waals surface area contributed by atoms with E-state index in [1.807, 2.05) is 18.3 Å². The van der Waals surface area contributed by atoms with Crippen LogP contribution in [0.2, 0.25) is 0 Å². The Kier molecular flexibility index (Phi) is 4.85. The standard InChI is InChI=1S/C18H22N4O/c1-12(23)13(8-19)5-6-14-9-20-17-16(14)7-15(10-21-17)22-11-18(2,3)4/h5,7,9-10,22H,6,11H2,1-4H3,(H,20,21). The Labute approximate surface area is 136 Å². The maximum Gasteiger partial charge on any atom is 0.169 e. The third-order valence-corrected chi connectivity index (χ3v) is 3.47. The molecule has 0 fully saturated rings. The molecule has 23 heavy (non-hydrogen) atoms. The number of fused-ring (bicyclic) bond motifs is 1. The van der Waals surface area contributed by atoms with Crippen molar-refractivity contribution < 1.29 is 4.79 Å². The summed E-state index contributed by atoms with van der Waals surface area (Å²) in [5.74, 6) is -0.210. The largest absolute Gasteiger partial charge is 0.383 e. The molecule has 5 heteroatoms. The van der Waals surface area contributed by atoms with Gasteiger partial charge in [0.2, 0.25) is 0 Å². The topological polar surface area (TPSA) is 81.6 Å². The second kappa shape index (κ2) is 6.66. The Morgan fingerprint density at radius 2 is 2.22 bits per heavy atom. The maximum absolute atomic E-state index is 11.3. The molecule has 0 saturated heterocycles. The Morgan fingerprint density at radius 3 is 2.83 bits per heavy atom. The second-order valence-corrected chi connectivity index (χ2v) is 6.84. The van der Waals surface area contributed by atoms with E-state index >= 15 is 0 Å².